The summed E-state index contributed by atoms with van der Waals surface area (Å²) in [5.41, 5.74) is 1.44. The molecule has 0 spiro atoms. The molecule has 0 fully saturated rings. The first-order valence-corrected chi connectivity index (χ1v) is 8.89. The van der Waals surface area contributed by atoms with Gasteiger partial charge in [-0.2, -0.15) is 13.2 Å². The molecule has 1 amide bonds. The van der Waals surface area contributed by atoms with Gasteiger partial charge in [-0.25, -0.2) is 0 Å². The molecule has 0 bridgehead atoms. The second-order valence-electron chi connectivity index (χ2n) is 6.42. The number of benzene rings is 2. The maximum Gasteiger partial charge on any atom is 0.416 e. The smallest absolute Gasteiger partial charge is 0.416 e. The van der Waals surface area contributed by atoms with Crippen molar-refractivity contribution >= 4 is 11.9 Å². The molecule has 1 unspecified atom stereocenters. The largest absolute Gasteiger partial charge is 0.455 e. The summed E-state index contributed by atoms with van der Waals surface area (Å²) >= 11 is 0. The molecule has 0 heterocycles. The zero-order valence-corrected chi connectivity index (χ0v) is 15.7. The van der Waals surface area contributed by atoms with Crippen LogP contribution in [-0.2, 0) is 33.3 Å². The molecular weight excluding hydrogens is 371 g/mol. The molecule has 1 atom stereocenters. The summed E-state index contributed by atoms with van der Waals surface area (Å²) in [5.74, 6) is -1.25. The maximum atomic E-state index is 12.7. The van der Waals surface area contributed by atoms with Gasteiger partial charge in [0.15, 0.2) is 6.61 Å². The van der Waals surface area contributed by atoms with Crippen molar-refractivity contribution in [1.29, 1.82) is 0 Å². The molecule has 0 aliphatic carbocycles. The van der Waals surface area contributed by atoms with Crippen LogP contribution in [0.25, 0.3) is 0 Å². The third-order valence-electron chi connectivity index (χ3n) is 4.23. The van der Waals surface area contributed by atoms with E-state index < -0.39 is 30.2 Å². The monoisotopic (exact) mass is 393 g/mol. The van der Waals surface area contributed by atoms with E-state index in [4.69, 9.17) is 4.74 Å². The summed E-state index contributed by atoms with van der Waals surface area (Å²) in [4.78, 5) is 23.8. The highest BCUT2D eigenvalue weighted by atomic mass is 19.4. The summed E-state index contributed by atoms with van der Waals surface area (Å²) in [7, 11) is 0. The minimum atomic E-state index is -4.48. The highest BCUT2D eigenvalue weighted by Gasteiger charge is 2.30. The van der Waals surface area contributed by atoms with Crippen LogP contribution in [-0.4, -0.2) is 18.5 Å². The number of ether oxygens (including phenoxy) is 1. The van der Waals surface area contributed by atoms with E-state index in [2.05, 4.69) is 5.32 Å². The molecule has 150 valence electrons. The molecule has 2 aromatic carbocycles. The standard InChI is InChI=1S/C21H22F3NO3/c1-3-15-7-9-17(10-8-15)14(2)25-19(26)13-28-20(27)12-16-5-4-6-18(11-16)21(22,23)24/h4-11,14H,3,12-13H2,1-2H3,(H,25,26). The molecule has 4 nitrogen and oxygen atoms in total. The van der Waals surface area contributed by atoms with Gasteiger partial charge in [0.05, 0.1) is 18.0 Å². The Morgan fingerprint density at radius 2 is 1.75 bits per heavy atom. The van der Waals surface area contributed by atoms with Crippen molar-refractivity contribution in [2.24, 2.45) is 0 Å². The third kappa shape index (κ3) is 6.40. The molecule has 0 saturated carbocycles. The fourth-order valence-electron chi connectivity index (χ4n) is 2.63. The van der Waals surface area contributed by atoms with Crippen LogP contribution in [0.15, 0.2) is 48.5 Å². The van der Waals surface area contributed by atoms with Gasteiger partial charge in [0.1, 0.15) is 0 Å². The molecule has 0 aromatic heterocycles. The lowest BCUT2D eigenvalue weighted by Gasteiger charge is -2.15. The second-order valence-corrected chi connectivity index (χ2v) is 6.42. The fraction of sp³-hybridized carbons (Fsp3) is 0.333. The van der Waals surface area contributed by atoms with E-state index in [1.807, 2.05) is 38.1 Å². The van der Waals surface area contributed by atoms with E-state index in [0.717, 1.165) is 24.1 Å². The Bertz CT molecular complexity index is 816. The first-order chi connectivity index (χ1) is 13.2. The zero-order valence-electron chi connectivity index (χ0n) is 15.7. The molecule has 0 saturated heterocycles. The Morgan fingerprint density at radius 3 is 2.36 bits per heavy atom. The van der Waals surface area contributed by atoms with Crippen LogP contribution < -0.4 is 5.32 Å². The number of rotatable bonds is 7. The predicted molar refractivity (Wildman–Crippen MR) is 98.5 cm³/mol. The van der Waals surface area contributed by atoms with Gasteiger partial charge in [0.25, 0.3) is 5.91 Å². The van der Waals surface area contributed by atoms with Crippen molar-refractivity contribution in [2.75, 3.05) is 6.61 Å². The molecule has 0 aliphatic heterocycles. The molecule has 0 radical (unpaired) electrons. The van der Waals surface area contributed by atoms with Crippen molar-refractivity contribution in [3.8, 4) is 0 Å². The number of halogens is 3. The number of hydrogen-bond donors (Lipinski definition) is 1. The molecular formula is C21H22F3NO3. The number of carbonyl (C=O) groups excluding carboxylic acids is 2. The Kier molecular flexibility index (Phi) is 7.20. The average Bonchev–Trinajstić information content (AvgIpc) is 2.66. The van der Waals surface area contributed by atoms with E-state index >= 15 is 0 Å². The Morgan fingerprint density at radius 1 is 1.07 bits per heavy atom. The quantitative estimate of drug-likeness (QED) is 0.717. The highest BCUT2D eigenvalue weighted by molar-refractivity contribution is 5.81. The molecule has 1 N–H and O–H groups in total. The highest BCUT2D eigenvalue weighted by Crippen LogP contribution is 2.29. The van der Waals surface area contributed by atoms with E-state index in [0.29, 0.717) is 0 Å². The number of hydrogen-bond acceptors (Lipinski definition) is 3. The van der Waals surface area contributed by atoms with Crippen LogP contribution >= 0.6 is 0 Å². The number of alkyl halides is 3. The van der Waals surface area contributed by atoms with Crippen LogP contribution in [0.1, 0.15) is 42.1 Å². The van der Waals surface area contributed by atoms with Crippen LogP contribution in [0.5, 0.6) is 0 Å². The number of aryl methyl sites for hydroxylation is 1. The summed E-state index contributed by atoms with van der Waals surface area (Å²) in [6.45, 7) is 3.37. The summed E-state index contributed by atoms with van der Waals surface area (Å²) in [6, 6.07) is 12.0. The van der Waals surface area contributed by atoms with Gasteiger partial charge in [0, 0.05) is 0 Å². The number of carbonyl (C=O) groups is 2. The Hall–Kier alpha value is -2.83. The van der Waals surface area contributed by atoms with Gasteiger partial charge in [-0.05, 0) is 36.1 Å². The van der Waals surface area contributed by atoms with E-state index in [1.165, 1.54) is 17.7 Å². The molecule has 2 rings (SSSR count). The van der Waals surface area contributed by atoms with Gasteiger partial charge in [-0.3, -0.25) is 9.59 Å². The van der Waals surface area contributed by atoms with Crippen molar-refractivity contribution in [3.05, 3.63) is 70.8 Å². The van der Waals surface area contributed by atoms with Crippen molar-refractivity contribution < 1.29 is 27.5 Å². The maximum absolute atomic E-state index is 12.7. The average molecular weight is 393 g/mol. The first kappa shape index (κ1) is 21.5. The van der Waals surface area contributed by atoms with Crippen molar-refractivity contribution in [3.63, 3.8) is 0 Å². The van der Waals surface area contributed by atoms with Crippen LogP contribution in [0.4, 0.5) is 13.2 Å². The van der Waals surface area contributed by atoms with Crippen LogP contribution in [0.3, 0.4) is 0 Å². The summed E-state index contributed by atoms with van der Waals surface area (Å²) in [5, 5.41) is 2.72. The third-order valence-corrected chi connectivity index (χ3v) is 4.23. The number of esters is 1. The lowest BCUT2D eigenvalue weighted by Crippen LogP contribution is -2.31. The lowest BCUT2D eigenvalue weighted by molar-refractivity contribution is -0.148. The van der Waals surface area contributed by atoms with E-state index in [1.54, 1.807) is 0 Å². The summed E-state index contributed by atoms with van der Waals surface area (Å²) in [6.07, 6.45) is -3.90. The first-order valence-electron chi connectivity index (χ1n) is 8.89. The Labute approximate surface area is 161 Å². The van der Waals surface area contributed by atoms with Crippen molar-refractivity contribution in [2.45, 2.75) is 38.9 Å². The SMILES string of the molecule is CCc1ccc(C(C)NC(=O)COC(=O)Cc2cccc(C(F)(F)F)c2)cc1. The van der Waals surface area contributed by atoms with E-state index in [-0.39, 0.29) is 18.0 Å². The minimum absolute atomic E-state index is 0.171. The topological polar surface area (TPSA) is 55.4 Å². The zero-order chi connectivity index (χ0) is 20.7. The number of amides is 1. The summed E-state index contributed by atoms with van der Waals surface area (Å²) < 4.78 is 43.0. The minimum Gasteiger partial charge on any atom is -0.455 e. The van der Waals surface area contributed by atoms with Crippen LogP contribution in [0.2, 0.25) is 0 Å². The van der Waals surface area contributed by atoms with E-state index in [9.17, 15) is 22.8 Å². The molecule has 28 heavy (non-hydrogen) atoms. The second kappa shape index (κ2) is 9.39. The Balaban J connectivity index is 1.82. The van der Waals surface area contributed by atoms with Gasteiger partial charge >= 0.3 is 12.1 Å². The fourth-order valence-corrected chi connectivity index (χ4v) is 2.63. The van der Waals surface area contributed by atoms with Crippen LogP contribution in [0, 0.1) is 0 Å². The van der Waals surface area contributed by atoms with Gasteiger partial charge in [-0.15, -0.1) is 0 Å². The molecule has 0 aliphatic rings. The van der Waals surface area contributed by atoms with Gasteiger partial charge < -0.3 is 10.1 Å². The lowest BCUT2D eigenvalue weighted by atomic mass is 10.1. The van der Waals surface area contributed by atoms with Gasteiger partial charge in [-0.1, -0.05) is 49.4 Å². The normalized spacial score (nSPS) is 12.3. The number of nitrogens with one attached hydrogen (secondary N) is 1. The molecule has 7 heteroatoms. The predicted octanol–water partition coefficient (Wildman–Crippen LogP) is 4.23. The van der Waals surface area contributed by atoms with Gasteiger partial charge in [0.2, 0.25) is 0 Å². The van der Waals surface area contributed by atoms with Crippen molar-refractivity contribution in [1.82, 2.24) is 5.32 Å². The molecule has 2 aromatic rings.